The fourth-order valence-electron chi connectivity index (χ4n) is 2.31. The summed E-state index contributed by atoms with van der Waals surface area (Å²) in [5.74, 6) is -0.279. The van der Waals surface area contributed by atoms with Gasteiger partial charge in [0.1, 0.15) is 16.5 Å². The van der Waals surface area contributed by atoms with Gasteiger partial charge < -0.3 is 9.64 Å². The molecule has 24 heavy (non-hydrogen) atoms. The number of hydrogen-bond donors (Lipinski definition) is 1. The predicted octanol–water partition coefficient (Wildman–Crippen LogP) is 3.32. The third kappa shape index (κ3) is 3.62. The molecule has 0 unspecified atom stereocenters. The first-order chi connectivity index (χ1) is 11.2. The van der Waals surface area contributed by atoms with Gasteiger partial charge in [-0.25, -0.2) is 12.8 Å². The van der Waals surface area contributed by atoms with Crippen LogP contribution in [-0.4, -0.2) is 29.6 Å². The average molecular weight is 352 g/mol. The molecule has 0 aliphatic heterocycles. The number of methoxy groups -OCH3 is 1. The Morgan fingerprint density at radius 2 is 1.71 bits per heavy atom. The monoisotopic (exact) mass is 352 g/mol. The number of nitrogens with one attached hydrogen (secondary N) is 1. The fraction of sp³-hybridized carbons (Fsp3) is 0.294. The largest absolute Gasteiger partial charge is 0.495 e. The van der Waals surface area contributed by atoms with E-state index in [4.69, 9.17) is 4.74 Å². The molecule has 0 aliphatic carbocycles. The van der Waals surface area contributed by atoms with Gasteiger partial charge in [0, 0.05) is 20.2 Å². The molecule has 0 bridgehead atoms. The van der Waals surface area contributed by atoms with Crippen LogP contribution in [-0.2, 0) is 10.0 Å². The molecular formula is C17H21FN2O3S. The summed E-state index contributed by atoms with van der Waals surface area (Å²) >= 11 is 0. The van der Waals surface area contributed by atoms with Gasteiger partial charge in [-0.05, 0) is 49.2 Å². The average Bonchev–Trinajstić information content (AvgIpc) is 2.48. The molecule has 2 rings (SSSR count). The van der Waals surface area contributed by atoms with E-state index >= 15 is 0 Å². The van der Waals surface area contributed by atoms with Crippen molar-refractivity contribution in [3.05, 3.63) is 47.3 Å². The number of anilines is 2. The number of aryl methyl sites for hydroxylation is 2. The van der Waals surface area contributed by atoms with Gasteiger partial charge in [0.2, 0.25) is 0 Å². The number of ether oxygens (including phenoxy) is 1. The number of benzene rings is 2. The van der Waals surface area contributed by atoms with Crippen molar-refractivity contribution in [1.29, 1.82) is 0 Å². The van der Waals surface area contributed by atoms with E-state index in [1.54, 1.807) is 31.1 Å². The van der Waals surface area contributed by atoms with E-state index in [1.165, 1.54) is 19.2 Å². The van der Waals surface area contributed by atoms with Crippen LogP contribution in [0.4, 0.5) is 15.8 Å². The zero-order valence-corrected chi connectivity index (χ0v) is 15.2. The molecule has 5 nitrogen and oxygen atoms in total. The Balaban J connectivity index is 2.54. The first-order valence-electron chi connectivity index (χ1n) is 7.30. The summed E-state index contributed by atoms with van der Waals surface area (Å²) < 4.78 is 46.8. The maximum Gasteiger partial charge on any atom is 0.265 e. The lowest BCUT2D eigenvalue weighted by Gasteiger charge is -2.19. The molecule has 0 spiro atoms. The van der Waals surface area contributed by atoms with E-state index < -0.39 is 15.8 Å². The molecule has 0 amide bonds. The molecule has 2 aromatic rings. The second-order valence-corrected chi connectivity index (χ2v) is 7.40. The van der Waals surface area contributed by atoms with E-state index in [1.807, 2.05) is 13.8 Å². The maximum absolute atomic E-state index is 13.6. The molecule has 0 saturated heterocycles. The molecule has 7 heteroatoms. The minimum Gasteiger partial charge on any atom is -0.495 e. The lowest BCUT2D eigenvalue weighted by Crippen LogP contribution is -2.18. The van der Waals surface area contributed by atoms with Crippen molar-refractivity contribution in [2.24, 2.45) is 0 Å². The Kier molecular flexibility index (Phi) is 5.03. The number of rotatable bonds is 5. The third-order valence-electron chi connectivity index (χ3n) is 3.75. The van der Waals surface area contributed by atoms with Crippen LogP contribution < -0.4 is 14.4 Å². The molecule has 130 valence electrons. The number of halogens is 1. The minimum atomic E-state index is -3.94. The zero-order chi connectivity index (χ0) is 18.1. The van der Waals surface area contributed by atoms with E-state index in [-0.39, 0.29) is 16.3 Å². The highest BCUT2D eigenvalue weighted by Gasteiger charge is 2.22. The molecule has 0 aliphatic rings. The number of nitrogens with zero attached hydrogens (tertiary/aromatic N) is 1. The second-order valence-electron chi connectivity index (χ2n) is 5.75. The van der Waals surface area contributed by atoms with Crippen LogP contribution in [0.15, 0.2) is 35.2 Å². The van der Waals surface area contributed by atoms with E-state index in [9.17, 15) is 12.8 Å². The molecular weight excluding hydrogens is 331 g/mol. The van der Waals surface area contributed by atoms with Crippen molar-refractivity contribution >= 4 is 21.4 Å². The van der Waals surface area contributed by atoms with Crippen LogP contribution in [0.5, 0.6) is 5.75 Å². The Labute approximate surface area is 142 Å². The van der Waals surface area contributed by atoms with Gasteiger partial charge in [0.25, 0.3) is 10.0 Å². The number of hydrogen-bond acceptors (Lipinski definition) is 4. The highest BCUT2D eigenvalue weighted by atomic mass is 32.2. The van der Waals surface area contributed by atoms with Gasteiger partial charge in [-0.3, -0.25) is 4.72 Å². The lowest BCUT2D eigenvalue weighted by molar-refractivity contribution is 0.402. The molecule has 1 N–H and O–H groups in total. The highest BCUT2D eigenvalue weighted by Crippen LogP contribution is 2.32. The maximum atomic E-state index is 13.6. The normalized spacial score (nSPS) is 11.2. The van der Waals surface area contributed by atoms with Gasteiger partial charge in [0.05, 0.1) is 18.5 Å². The quantitative estimate of drug-likeness (QED) is 0.897. The Hall–Kier alpha value is -2.28. The zero-order valence-electron chi connectivity index (χ0n) is 14.3. The first-order valence-corrected chi connectivity index (χ1v) is 8.79. The topological polar surface area (TPSA) is 58.6 Å². The van der Waals surface area contributed by atoms with E-state index in [2.05, 4.69) is 4.72 Å². The van der Waals surface area contributed by atoms with Crippen LogP contribution in [0.1, 0.15) is 11.1 Å². The van der Waals surface area contributed by atoms with Gasteiger partial charge in [-0.2, -0.15) is 0 Å². The highest BCUT2D eigenvalue weighted by molar-refractivity contribution is 7.92. The Morgan fingerprint density at radius 3 is 2.29 bits per heavy atom. The Bertz CT molecular complexity index is 864. The fourth-order valence-corrected chi connectivity index (χ4v) is 3.61. The summed E-state index contributed by atoms with van der Waals surface area (Å²) in [6.07, 6.45) is 0. The second kappa shape index (κ2) is 6.68. The first kappa shape index (κ1) is 18.1. The molecule has 0 heterocycles. The van der Waals surface area contributed by atoms with Gasteiger partial charge >= 0.3 is 0 Å². The van der Waals surface area contributed by atoms with Gasteiger partial charge in [-0.15, -0.1) is 0 Å². The smallest absolute Gasteiger partial charge is 0.265 e. The summed E-state index contributed by atoms with van der Waals surface area (Å²) in [7, 11) is 0.980. The molecule has 0 atom stereocenters. The van der Waals surface area contributed by atoms with Crippen LogP contribution in [0, 0.1) is 19.7 Å². The van der Waals surface area contributed by atoms with Crippen LogP contribution in [0.2, 0.25) is 0 Å². The summed E-state index contributed by atoms with van der Waals surface area (Å²) in [4.78, 5) is 1.72. The molecule has 0 saturated carbocycles. The molecule has 2 aromatic carbocycles. The van der Waals surface area contributed by atoms with E-state index in [0.29, 0.717) is 5.69 Å². The van der Waals surface area contributed by atoms with Crippen LogP contribution in [0.25, 0.3) is 0 Å². The number of sulfonamides is 1. The van der Waals surface area contributed by atoms with Crippen molar-refractivity contribution in [2.45, 2.75) is 18.7 Å². The summed E-state index contributed by atoms with van der Waals surface area (Å²) in [5, 5.41) is 0. The third-order valence-corrected chi connectivity index (χ3v) is 5.14. The molecule has 0 fully saturated rings. The van der Waals surface area contributed by atoms with Crippen molar-refractivity contribution in [3.8, 4) is 5.75 Å². The van der Waals surface area contributed by atoms with Crippen LogP contribution in [0.3, 0.4) is 0 Å². The van der Waals surface area contributed by atoms with E-state index in [0.717, 1.165) is 17.2 Å². The van der Waals surface area contributed by atoms with Crippen molar-refractivity contribution in [3.63, 3.8) is 0 Å². The Morgan fingerprint density at radius 1 is 1.08 bits per heavy atom. The standard InChI is InChI=1S/C17H21FN2O3S/c1-11-8-16(23-5)17(9-12(11)2)24(21,22)19-14-10-13(18)6-7-15(14)20(3)4/h6-10,19H,1-5H3. The lowest BCUT2D eigenvalue weighted by atomic mass is 10.1. The molecule has 0 radical (unpaired) electrons. The summed E-state index contributed by atoms with van der Waals surface area (Å²) in [6, 6.07) is 7.17. The van der Waals surface area contributed by atoms with Gasteiger partial charge in [-0.1, -0.05) is 0 Å². The van der Waals surface area contributed by atoms with Crippen molar-refractivity contribution < 1.29 is 17.5 Å². The summed E-state index contributed by atoms with van der Waals surface area (Å²) in [5.41, 5.74) is 2.47. The van der Waals surface area contributed by atoms with Crippen molar-refractivity contribution in [2.75, 3.05) is 30.8 Å². The molecule has 0 aromatic heterocycles. The minimum absolute atomic E-state index is 0.0158. The SMILES string of the molecule is COc1cc(C)c(C)cc1S(=O)(=O)Nc1cc(F)ccc1N(C)C. The van der Waals surface area contributed by atoms with Gasteiger partial charge in [0.15, 0.2) is 0 Å². The van der Waals surface area contributed by atoms with Crippen LogP contribution >= 0.6 is 0 Å². The van der Waals surface area contributed by atoms with Crippen molar-refractivity contribution in [1.82, 2.24) is 0 Å². The summed E-state index contributed by atoms with van der Waals surface area (Å²) in [6.45, 7) is 3.69. The predicted molar refractivity (Wildman–Crippen MR) is 94.0 cm³/mol.